The van der Waals surface area contributed by atoms with Gasteiger partial charge in [0.15, 0.2) is 29.9 Å². The first-order chi connectivity index (χ1) is 29.4. The number of nitrogens with one attached hydrogen (secondary N) is 1. The van der Waals surface area contributed by atoms with E-state index in [9.17, 15) is 24.0 Å². The Hall–Kier alpha value is -6.06. The average molecular weight is 835 g/mol. The molecule has 15 heteroatoms. The van der Waals surface area contributed by atoms with Gasteiger partial charge in [0.05, 0.1) is 29.6 Å². The maximum Gasteiger partial charge on any atom is 0.416 e. The fourth-order valence-electron chi connectivity index (χ4n) is 8.26. The number of aryl methyl sites for hydroxylation is 3. The van der Waals surface area contributed by atoms with Crippen molar-refractivity contribution in [3.63, 3.8) is 0 Å². The first kappa shape index (κ1) is 43.0. The number of Topliss-reactive ketones (excluding diaryl/α,β-unsaturated/α-hetero) is 2. The van der Waals surface area contributed by atoms with Gasteiger partial charge in [0.2, 0.25) is 11.7 Å². The summed E-state index contributed by atoms with van der Waals surface area (Å²) in [5.41, 5.74) is 4.64. The maximum atomic E-state index is 14.2. The molecule has 5 heterocycles. The second kappa shape index (κ2) is 19.1. The fourth-order valence-corrected chi connectivity index (χ4v) is 8.26. The second-order valence-corrected chi connectivity index (χ2v) is 15.9. The summed E-state index contributed by atoms with van der Waals surface area (Å²) in [5, 5.41) is 2.79. The lowest BCUT2D eigenvalue weighted by Gasteiger charge is -2.42. The Balaban J connectivity index is 0.983. The number of hydrogen-bond acceptors (Lipinski definition) is 10. The lowest BCUT2D eigenvalue weighted by Crippen LogP contribution is -2.57. The van der Waals surface area contributed by atoms with Crippen LogP contribution in [-0.2, 0) is 39.5 Å². The SMILES string of the molecule is C=CCOC(=O)N1c2cc(OCCCC(=O)Nc3cn(C)c(C(=O)Cc4ccc(-c5cc(C(C)=O)n(C)c5)cc4)n3)c(C)cc2C(=O)N2CCCC[C@H]2C1OC1CCCCO1. The quantitative estimate of drug-likeness (QED) is 0.0738. The number of anilines is 2. The smallest absolute Gasteiger partial charge is 0.416 e. The summed E-state index contributed by atoms with van der Waals surface area (Å²) in [6.07, 6.45) is 8.41. The van der Waals surface area contributed by atoms with E-state index in [4.69, 9.17) is 18.9 Å². The van der Waals surface area contributed by atoms with Gasteiger partial charge < -0.3 is 38.3 Å². The summed E-state index contributed by atoms with van der Waals surface area (Å²) >= 11 is 0. The van der Waals surface area contributed by atoms with Crippen molar-refractivity contribution in [1.82, 2.24) is 19.0 Å². The molecule has 0 aliphatic carbocycles. The Labute approximate surface area is 355 Å². The van der Waals surface area contributed by atoms with Crippen molar-refractivity contribution in [2.45, 2.75) is 90.2 Å². The van der Waals surface area contributed by atoms with Crippen LogP contribution in [0.15, 0.2) is 67.5 Å². The molecule has 3 amide bonds. The topological polar surface area (TPSA) is 164 Å². The molecule has 2 aromatic carbocycles. The zero-order chi connectivity index (χ0) is 43.2. The van der Waals surface area contributed by atoms with Crippen molar-refractivity contribution in [3.05, 3.63) is 95.7 Å². The fraction of sp³-hybridized carbons (Fsp3) is 0.435. The van der Waals surface area contributed by atoms with Crippen molar-refractivity contribution >= 4 is 41.0 Å². The van der Waals surface area contributed by atoms with Gasteiger partial charge >= 0.3 is 6.09 Å². The van der Waals surface area contributed by atoms with Gasteiger partial charge in [-0.25, -0.2) is 14.7 Å². The van der Waals surface area contributed by atoms with E-state index in [-0.39, 0.29) is 61.1 Å². The van der Waals surface area contributed by atoms with E-state index in [0.717, 1.165) is 42.4 Å². The predicted octanol–water partition coefficient (Wildman–Crippen LogP) is 7.17. The van der Waals surface area contributed by atoms with Crippen LogP contribution in [0.25, 0.3) is 11.1 Å². The minimum Gasteiger partial charge on any atom is -0.493 e. The van der Waals surface area contributed by atoms with Crippen LogP contribution in [0.5, 0.6) is 5.75 Å². The normalized spacial score (nSPS) is 18.8. The Morgan fingerprint density at radius 1 is 0.984 bits per heavy atom. The van der Waals surface area contributed by atoms with Crippen LogP contribution < -0.4 is 15.0 Å². The summed E-state index contributed by atoms with van der Waals surface area (Å²) in [4.78, 5) is 73.9. The van der Waals surface area contributed by atoms with Crippen LogP contribution in [-0.4, -0.2) is 93.4 Å². The van der Waals surface area contributed by atoms with Gasteiger partial charge in [0.25, 0.3) is 5.91 Å². The van der Waals surface area contributed by atoms with Crippen LogP contribution in [0, 0.1) is 6.92 Å². The van der Waals surface area contributed by atoms with Crippen LogP contribution >= 0.6 is 0 Å². The number of piperidine rings is 1. The lowest BCUT2D eigenvalue weighted by atomic mass is 10.00. The minimum absolute atomic E-state index is 0.0111. The first-order valence-corrected chi connectivity index (χ1v) is 21.0. The van der Waals surface area contributed by atoms with Crippen LogP contribution in [0.2, 0.25) is 0 Å². The summed E-state index contributed by atoms with van der Waals surface area (Å²) in [6, 6.07) is 12.5. The number of nitrogens with zero attached hydrogens (tertiary/aromatic N) is 5. The number of amides is 3. The largest absolute Gasteiger partial charge is 0.493 e. The molecule has 0 radical (unpaired) electrons. The molecule has 3 atom stereocenters. The molecule has 15 nitrogen and oxygen atoms in total. The van der Waals surface area contributed by atoms with Crippen molar-refractivity contribution in [3.8, 4) is 16.9 Å². The van der Waals surface area contributed by atoms with Gasteiger partial charge in [-0.1, -0.05) is 36.9 Å². The molecule has 7 rings (SSSR count). The summed E-state index contributed by atoms with van der Waals surface area (Å²) in [6.45, 7) is 8.30. The number of ether oxygens (including phenoxy) is 4. The average Bonchev–Trinajstić information content (AvgIpc) is 3.81. The van der Waals surface area contributed by atoms with E-state index in [2.05, 4.69) is 16.9 Å². The molecule has 2 fully saturated rings. The highest BCUT2D eigenvalue weighted by molar-refractivity contribution is 6.05. The predicted molar refractivity (Wildman–Crippen MR) is 228 cm³/mol. The molecular formula is C46H54N6O9. The van der Waals surface area contributed by atoms with Crippen molar-refractivity contribution in [1.29, 1.82) is 0 Å². The van der Waals surface area contributed by atoms with Crippen molar-refractivity contribution < 1.29 is 42.9 Å². The Morgan fingerprint density at radius 2 is 1.77 bits per heavy atom. The van der Waals surface area contributed by atoms with Gasteiger partial charge in [-0.05, 0) is 80.7 Å². The van der Waals surface area contributed by atoms with Gasteiger partial charge in [0, 0.05) is 71.0 Å². The van der Waals surface area contributed by atoms with E-state index < -0.39 is 24.7 Å². The molecule has 61 heavy (non-hydrogen) atoms. The number of rotatable bonds is 15. The van der Waals surface area contributed by atoms with Gasteiger partial charge in [-0.15, -0.1) is 0 Å². The Bertz CT molecular complexity index is 2290. The monoisotopic (exact) mass is 834 g/mol. The van der Waals surface area contributed by atoms with Crippen LogP contribution in [0.3, 0.4) is 0 Å². The summed E-state index contributed by atoms with van der Waals surface area (Å²) in [7, 11) is 3.54. The van der Waals surface area contributed by atoms with Crippen molar-refractivity contribution in [2.24, 2.45) is 14.1 Å². The number of imidazole rings is 1. The molecule has 0 saturated carbocycles. The molecule has 2 saturated heterocycles. The molecule has 3 aliphatic rings. The van der Waals surface area contributed by atoms with Gasteiger partial charge in [0.1, 0.15) is 12.4 Å². The molecule has 2 unspecified atom stereocenters. The minimum atomic E-state index is -0.858. The highest BCUT2D eigenvalue weighted by Crippen LogP contribution is 2.40. The number of carbonyl (C=O) groups is 5. The van der Waals surface area contributed by atoms with E-state index in [0.29, 0.717) is 60.7 Å². The van der Waals surface area contributed by atoms with Crippen LogP contribution in [0.1, 0.15) is 101 Å². The molecular weight excluding hydrogens is 781 g/mol. The zero-order valence-corrected chi connectivity index (χ0v) is 35.3. The number of aromatic nitrogens is 3. The second-order valence-electron chi connectivity index (χ2n) is 15.9. The zero-order valence-electron chi connectivity index (χ0n) is 35.3. The van der Waals surface area contributed by atoms with Gasteiger partial charge in [-0.3, -0.25) is 19.2 Å². The van der Waals surface area contributed by atoms with E-state index in [1.54, 1.807) is 34.5 Å². The number of hydrogen-bond donors (Lipinski definition) is 1. The molecule has 0 spiro atoms. The number of ketones is 2. The number of carbonyl (C=O) groups excluding carboxylic acids is 5. The third-order valence-corrected chi connectivity index (χ3v) is 11.3. The van der Waals surface area contributed by atoms with Gasteiger partial charge in [-0.2, -0.15) is 0 Å². The molecule has 322 valence electrons. The van der Waals surface area contributed by atoms with E-state index >= 15 is 0 Å². The summed E-state index contributed by atoms with van der Waals surface area (Å²) < 4.78 is 27.7. The number of benzene rings is 2. The molecule has 0 bridgehead atoms. The van der Waals surface area contributed by atoms with E-state index in [1.165, 1.54) is 17.9 Å². The lowest BCUT2D eigenvalue weighted by molar-refractivity contribution is -0.198. The third-order valence-electron chi connectivity index (χ3n) is 11.3. The third kappa shape index (κ3) is 9.79. The molecule has 2 aromatic heterocycles. The molecule has 1 N–H and O–H groups in total. The standard InChI is InChI=1S/C46H54N6O9/c1-6-20-60-46(57)52-37-26-39(29(2)23-34(37)44(56)51-19-9-7-12-35(51)45(52)61-42-14-8-10-21-59-42)58-22-11-13-41(55)47-40-28-50(5)43(48-40)38(54)24-31-15-17-32(18-16-31)33-25-36(30(3)53)49(4)27-33/h6,15-18,23,25-28,35,42,45H,1,7-14,19-22,24H2,2-5H3,(H,47,55)/t35-,42?,45?/m0/s1. The Kier molecular flexibility index (Phi) is 13.5. The Morgan fingerprint density at radius 3 is 2.49 bits per heavy atom. The summed E-state index contributed by atoms with van der Waals surface area (Å²) in [5.74, 6) is 0.223. The highest BCUT2D eigenvalue weighted by Gasteiger charge is 2.46. The molecule has 4 aromatic rings. The highest BCUT2D eigenvalue weighted by atomic mass is 16.7. The van der Waals surface area contributed by atoms with Crippen molar-refractivity contribution in [2.75, 3.05) is 36.6 Å². The molecule has 3 aliphatic heterocycles. The maximum absolute atomic E-state index is 14.2. The van der Waals surface area contributed by atoms with E-state index in [1.807, 2.05) is 55.4 Å². The first-order valence-electron chi connectivity index (χ1n) is 21.0. The number of fused-ring (bicyclic) bond motifs is 2. The van der Waals surface area contributed by atoms with Crippen LogP contribution in [0.4, 0.5) is 16.3 Å².